The van der Waals surface area contributed by atoms with Crippen LogP contribution in [0, 0.1) is 12.3 Å². The molecule has 0 aliphatic rings. The summed E-state index contributed by atoms with van der Waals surface area (Å²) in [6, 6.07) is 10.0. The highest BCUT2D eigenvalue weighted by molar-refractivity contribution is 9.10. The van der Waals surface area contributed by atoms with Crippen LogP contribution in [0.25, 0.3) is 17.3 Å². The molecule has 0 fully saturated rings. The highest BCUT2D eigenvalue weighted by Crippen LogP contribution is 2.33. The lowest BCUT2D eigenvalue weighted by atomic mass is 9.95. The third kappa shape index (κ3) is 4.99. The fourth-order valence-corrected chi connectivity index (χ4v) is 3.57. The smallest absolute Gasteiger partial charge is 0.168 e. The van der Waals surface area contributed by atoms with E-state index in [2.05, 4.69) is 78.1 Å². The van der Waals surface area contributed by atoms with E-state index in [1.165, 1.54) is 0 Å². The lowest BCUT2D eigenvalue weighted by Crippen LogP contribution is -2.30. The molecule has 2 heterocycles. The normalized spacial score (nSPS) is 12.8. The molecular weight excluding hydrogens is 440 g/mol. The van der Waals surface area contributed by atoms with Gasteiger partial charge in [-0.15, -0.1) is 10.2 Å². The molecule has 3 aromatic rings. The van der Waals surface area contributed by atoms with Crippen LogP contribution < -0.4 is 10.5 Å². The minimum atomic E-state index is -0.0799. The molecule has 0 saturated carbocycles. The molecular formula is C24H29BrN4O. The van der Waals surface area contributed by atoms with Crippen molar-refractivity contribution in [2.45, 2.75) is 34.1 Å². The third-order valence-corrected chi connectivity index (χ3v) is 5.62. The van der Waals surface area contributed by atoms with E-state index in [0.29, 0.717) is 13.2 Å². The van der Waals surface area contributed by atoms with Gasteiger partial charge in [-0.1, -0.05) is 51.1 Å². The van der Waals surface area contributed by atoms with E-state index in [9.17, 15) is 0 Å². The van der Waals surface area contributed by atoms with Crippen molar-refractivity contribution in [1.29, 1.82) is 0 Å². The number of allylic oxidation sites excluding steroid dienone is 3. The number of hydrogen-bond donors (Lipinski definition) is 1. The predicted molar refractivity (Wildman–Crippen MR) is 127 cm³/mol. The number of nitrogens with zero attached hydrogens (tertiary/aromatic N) is 3. The van der Waals surface area contributed by atoms with Gasteiger partial charge in [0.2, 0.25) is 0 Å². The first-order valence-corrected chi connectivity index (χ1v) is 11.0. The first-order valence-electron chi connectivity index (χ1n) is 10.2. The zero-order valence-corrected chi connectivity index (χ0v) is 19.6. The van der Waals surface area contributed by atoms with Crippen LogP contribution in [-0.2, 0) is 0 Å². The van der Waals surface area contributed by atoms with E-state index < -0.39 is 0 Å². The number of benzene rings is 1. The molecule has 0 aliphatic heterocycles. The van der Waals surface area contributed by atoms with Gasteiger partial charge in [0.15, 0.2) is 11.5 Å². The Morgan fingerprint density at radius 3 is 2.77 bits per heavy atom. The lowest BCUT2D eigenvalue weighted by Gasteiger charge is -2.24. The Kier molecular flexibility index (Phi) is 7.10. The monoisotopic (exact) mass is 468 g/mol. The first kappa shape index (κ1) is 22.2. The second kappa shape index (κ2) is 9.58. The maximum Gasteiger partial charge on any atom is 0.168 e. The number of fused-ring (bicyclic) bond motifs is 1. The number of aromatic nitrogens is 3. The molecule has 2 N–H and O–H groups in total. The van der Waals surface area contributed by atoms with Crippen molar-refractivity contribution in [1.82, 2.24) is 14.6 Å². The van der Waals surface area contributed by atoms with E-state index in [4.69, 9.17) is 10.5 Å². The summed E-state index contributed by atoms with van der Waals surface area (Å²) in [5.74, 6) is 1.69. The molecule has 5 nitrogen and oxygen atoms in total. The third-order valence-electron chi connectivity index (χ3n) is 5.00. The van der Waals surface area contributed by atoms with Gasteiger partial charge < -0.3 is 10.5 Å². The molecule has 0 radical (unpaired) electrons. The summed E-state index contributed by atoms with van der Waals surface area (Å²) < 4.78 is 9.09. The fourth-order valence-electron chi connectivity index (χ4n) is 3.03. The van der Waals surface area contributed by atoms with Crippen molar-refractivity contribution in [2.24, 2.45) is 11.1 Å². The molecule has 1 aromatic carbocycles. The molecule has 0 bridgehead atoms. The number of pyridine rings is 1. The average Bonchev–Trinajstić information content (AvgIpc) is 3.16. The molecule has 0 aliphatic carbocycles. The molecule has 0 spiro atoms. The van der Waals surface area contributed by atoms with E-state index in [1.807, 2.05) is 34.9 Å². The van der Waals surface area contributed by atoms with Crippen LogP contribution in [0.3, 0.4) is 0 Å². The molecule has 2 aromatic heterocycles. The van der Waals surface area contributed by atoms with Gasteiger partial charge in [-0.25, -0.2) is 0 Å². The fraction of sp³-hybridized carbons (Fsp3) is 0.333. The molecule has 0 atom stereocenters. The standard InChI is InChI=1S/C24H29BrN4O/c1-5-8-19(23-28-27-21-9-6-7-14-29(21)23)11-10-18-12-13-20(25)22(17(18)2)30-16-24(3,4)15-26/h6-14H,5,15-16,26H2,1-4H3/b11-10-,19-8-. The summed E-state index contributed by atoms with van der Waals surface area (Å²) in [5, 5.41) is 8.67. The highest BCUT2D eigenvalue weighted by atomic mass is 79.9. The summed E-state index contributed by atoms with van der Waals surface area (Å²) in [7, 11) is 0. The number of rotatable bonds is 8. The summed E-state index contributed by atoms with van der Waals surface area (Å²) in [6.07, 6.45) is 9.25. The van der Waals surface area contributed by atoms with Crippen molar-refractivity contribution in [3.8, 4) is 5.75 Å². The maximum absolute atomic E-state index is 6.15. The van der Waals surface area contributed by atoms with Crippen molar-refractivity contribution in [3.63, 3.8) is 0 Å². The SMILES string of the molecule is CC/C=C(/C=C\c1ccc(Br)c(OCC(C)(C)CN)c1C)c1nnc2ccccn12. The van der Waals surface area contributed by atoms with Gasteiger partial charge in [0.05, 0.1) is 11.1 Å². The van der Waals surface area contributed by atoms with E-state index >= 15 is 0 Å². The van der Waals surface area contributed by atoms with Gasteiger partial charge in [-0.3, -0.25) is 4.40 Å². The zero-order chi connectivity index (χ0) is 21.7. The van der Waals surface area contributed by atoms with Gasteiger partial charge in [0.25, 0.3) is 0 Å². The van der Waals surface area contributed by atoms with Crippen LogP contribution in [-0.4, -0.2) is 27.7 Å². The van der Waals surface area contributed by atoms with Gasteiger partial charge in [-0.05, 0) is 58.6 Å². The minimum absolute atomic E-state index is 0.0799. The Labute approximate surface area is 186 Å². The molecule has 0 unspecified atom stereocenters. The lowest BCUT2D eigenvalue weighted by molar-refractivity contribution is 0.185. The predicted octanol–water partition coefficient (Wildman–Crippen LogP) is 5.67. The number of nitrogens with two attached hydrogens (primary N) is 1. The summed E-state index contributed by atoms with van der Waals surface area (Å²) in [5.41, 5.74) is 9.81. The van der Waals surface area contributed by atoms with E-state index in [-0.39, 0.29) is 5.41 Å². The van der Waals surface area contributed by atoms with Gasteiger partial charge in [0, 0.05) is 23.7 Å². The zero-order valence-electron chi connectivity index (χ0n) is 18.0. The average molecular weight is 469 g/mol. The Hall–Kier alpha value is -2.44. The molecule has 30 heavy (non-hydrogen) atoms. The van der Waals surface area contributed by atoms with Crippen molar-refractivity contribution in [2.75, 3.05) is 13.2 Å². The second-order valence-electron chi connectivity index (χ2n) is 8.10. The van der Waals surface area contributed by atoms with Crippen LogP contribution in [0.5, 0.6) is 5.75 Å². The topological polar surface area (TPSA) is 65.4 Å². The van der Waals surface area contributed by atoms with E-state index in [1.54, 1.807) is 0 Å². The summed E-state index contributed by atoms with van der Waals surface area (Å²) in [6.45, 7) is 9.52. The van der Waals surface area contributed by atoms with Gasteiger partial charge in [-0.2, -0.15) is 0 Å². The summed E-state index contributed by atoms with van der Waals surface area (Å²) in [4.78, 5) is 0. The van der Waals surface area contributed by atoms with Crippen LogP contribution in [0.15, 0.2) is 53.2 Å². The summed E-state index contributed by atoms with van der Waals surface area (Å²) >= 11 is 3.62. The second-order valence-corrected chi connectivity index (χ2v) is 8.96. The Morgan fingerprint density at radius 2 is 2.03 bits per heavy atom. The molecule has 6 heteroatoms. The number of ether oxygens (including phenoxy) is 1. The van der Waals surface area contributed by atoms with Crippen molar-refractivity contribution < 1.29 is 4.74 Å². The van der Waals surface area contributed by atoms with Gasteiger partial charge in [0.1, 0.15) is 5.75 Å². The van der Waals surface area contributed by atoms with Gasteiger partial charge >= 0.3 is 0 Å². The van der Waals surface area contributed by atoms with Crippen LogP contribution in [0.2, 0.25) is 0 Å². The van der Waals surface area contributed by atoms with Crippen LogP contribution in [0.4, 0.5) is 0 Å². The minimum Gasteiger partial charge on any atom is -0.492 e. The largest absolute Gasteiger partial charge is 0.492 e. The van der Waals surface area contributed by atoms with Crippen LogP contribution in [0.1, 0.15) is 44.1 Å². The first-order chi connectivity index (χ1) is 14.4. The number of hydrogen-bond acceptors (Lipinski definition) is 4. The molecule has 3 rings (SSSR count). The Balaban J connectivity index is 1.92. The molecule has 0 saturated heterocycles. The van der Waals surface area contributed by atoms with Crippen molar-refractivity contribution >= 4 is 33.2 Å². The Morgan fingerprint density at radius 1 is 1.23 bits per heavy atom. The van der Waals surface area contributed by atoms with E-state index in [0.717, 1.165) is 44.8 Å². The number of halogens is 1. The molecule has 158 valence electrons. The van der Waals surface area contributed by atoms with Crippen molar-refractivity contribution in [3.05, 3.63) is 70.1 Å². The Bertz CT molecular complexity index is 1080. The maximum atomic E-state index is 6.15. The quantitative estimate of drug-likeness (QED) is 0.432. The van der Waals surface area contributed by atoms with Crippen LogP contribution >= 0.6 is 15.9 Å². The molecule has 0 amide bonds. The highest BCUT2D eigenvalue weighted by Gasteiger charge is 2.18.